The second-order valence-corrected chi connectivity index (χ2v) is 4.16. The van der Waals surface area contributed by atoms with E-state index in [1.54, 1.807) is 41.5 Å². The zero-order valence-electron chi connectivity index (χ0n) is 11.3. The largest absolute Gasteiger partial charge is 0.448 e. The molecule has 0 bridgehead atoms. The Labute approximate surface area is 116 Å². The van der Waals surface area contributed by atoms with Crippen molar-refractivity contribution in [1.29, 1.82) is 0 Å². The Bertz CT molecular complexity index is 555. The topological polar surface area (TPSA) is 86.3 Å². The zero-order chi connectivity index (χ0) is 14.4. The molecule has 0 aromatic carbocycles. The van der Waals surface area contributed by atoms with Crippen LogP contribution >= 0.6 is 0 Å². The third-order valence-electron chi connectivity index (χ3n) is 2.67. The molecule has 2 aromatic rings. The van der Waals surface area contributed by atoms with Crippen LogP contribution in [0.4, 0.5) is 10.6 Å². The Balaban J connectivity index is 2.03. The van der Waals surface area contributed by atoms with Gasteiger partial charge in [-0.05, 0) is 18.6 Å². The predicted octanol–water partition coefficient (Wildman–Crippen LogP) is 1.88. The number of amides is 1. The van der Waals surface area contributed by atoms with Crippen LogP contribution in [0, 0.1) is 0 Å². The summed E-state index contributed by atoms with van der Waals surface area (Å²) in [4.78, 5) is 15.6. The summed E-state index contributed by atoms with van der Waals surface area (Å²) in [5, 5.41) is 5.11. The minimum Gasteiger partial charge on any atom is -0.448 e. The fourth-order valence-corrected chi connectivity index (χ4v) is 1.55. The number of carbonyl (C=O) groups is 1. The van der Waals surface area contributed by atoms with Crippen LogP contribution in [-0.4, -0.2) is 27.5 Å². The highest BCUT2D eigenvalue weighted by atomic mass is 16.6. The first-order valence-corrected chi connectivity index (χ1v) is 6.40. The van der Waals surface area contributed by atoms with Crippen molar-refractivity contribution in [2.24, 2.45) is 5.84 Å². The molecule has 7 nitrogen and oxygen atoms in total. The van der Waals surface area contributed by atoms with Crippen LogP contribution < -0.4 is 10.9 Å². The summed E-state index contributed by atoms with van der Waals surface area (Å²) in [5.74, 6) is 6.01. The van der Waals surface area contributed by atoms with Crippen LogP contribution in [0.25, 0.3) is 5.69 Å². The van der Waals surface area contributed by atoms with Gasteiger partial charge in [-0.15, -0.1) is 5.10 Å². The van der Waals surface area contributed by atoms with E-state index in [9.17, 15) is 4.79 Å². The molecule has 106 valence electrons. The lowest BCUT2D eigenvalue weighted by atomic mass is 10.4. The third-order valence-corrected chi connectivity index (χ3v) is 2.67. The van der Waals surface area contributed by atoms with Crippen LogP contribution in [0.3, 0.4) is 0 Å². The fraction of sp³-hybridized carbons (Fsp3) is 0.308. The van der Waals surface area contributed by atoms with Gasteiger partial charge >= 0.3 is 6.09 Å². The second kappa shape index (κ2) is 6.67. The second-order valence-electron chi connectivity index (χ2n) is 4.16. The molecule has 20 heavy (non-hydrogen) atoms. The Kier molecular flexibility index (Phi) is 4.67. The fourth-order valence-electron chi connectivity index (χ4n) is 1.55. The van der Waals surface area contributed by atoms with Gasteiger partial charge in [-0.3, -0.25) is 4.98 Å². The number of pyridine rings is 1. The highest BCUT2D eigenvalue weighted by molar-refractivity contribution is 5.84. The first kappa shape index (κ1) is 14.0. The molecule has 0 atom stereocenters. The van der Waals surface area contributed by atoms with Gasteiger partial charge in [0.25, 0.3) is 0 Å². The van der Waals surface area contributed by atoms with E-state index >= 15 is 0 Å². The van der Waals surface area contributed by atoms with Crippen molar-refractivity contribution in [3.63, 3.8) is 0 Å². The van der Waals surface area contributed by atoms with Crippen LogP contribution in [-0.2, 0) is 4.74 Å². The van der Waals surface area contributed by atoms with Gasteiger partial charge in [0.15, 0.2) is 5.82 Å². The van der Waals surface area contributed by atoms with Crippen molar-refractivity contribution in [2.75, 3.05) is 11.6 Å². The van der Waals surface area contributed by atoms with Crippen LogP contribution in [0.2, 0.25) is 0 Å². The van der Waals surface area contributed by atoms with Crippen molar-refractivity contribution in [3.05, 3.63) is 36.8 Å². The number of aromatic nitrogens is 3. The standard InChI is InChI=1S/C13H17N5O2/c1-2-3-10-20-13(19)18(14)12-6-9-17(16-12)11-4-7-15-8-5-11/h4-9H,2-3,10,14H2,1H3. The van der Waals surface area contributed by atoms with Crippen LogP contribution in [0.15, 0.2) is 36.8 Å². The summed E-state index contributed by atoms with van der Waals surface area (Å²) in [6.45, 7) is 2.37. The van der Waals surface area contributed by atoms with Gasteiger partial charge < -0.3 is 4.74 Å². The lowest BCUT2D eigenvalue weighted by Crippen LogP contribution is -2.38. The van der Waals surface area contributed by atoms with Gasteiger partial charge in [0.05, 0.1) is 12.3 Å². The van der Waals surface area contributed by atoms with E-state index in [4.69, 9.17) is 10.6 Å². The van der Waals surface area contributed by atoms with Crippen LogP contribution in [0.1, 0.15) is 19.8 Å². The zero-order valence-corrected chi connectivity index (χ0v) is 11.3. The van der Waals surface area contributed by atoms with E-state index in [2.05, 4.69) is 10.1 Å². The summed E-state index contributed by atoms with van der Waals surface area (Å²) in [5.41, 5.74) is 0.832. The first-order valence-electron chi connectivity index (χ1n) is 6.40. The number of ether oxygens (including phenoxy) is 1. The predicted molar refractivity (Wildman–Crippen MR) is 74.3 cm³/mol. The summed E-state index contributed by atoms with van der Waals surface area (Å²) < 4.78 is 6.62. The third kappa shape index (κ3) is 3.33. The smallest absolute Gasteiger partial charge is 0.430 e. The molecule has 0 unspecified atom stereocenters. The SMILES string of the molecule is CCCCOC(=O)N(N)c1ccn(-c2ccncc2)n1. The molecule has 0 aliphatic carbocycles. The van der Waals surface area contributed by atoms with Crippen molar-refractivity contribution in [2.45, 2.75) is 19.8 Å². The van der Waals surface area contributed by atoms with Gasteiger partial charge in [-0.1, -0.05) is 13.3 Å². The Morgan fingerprint density at radius 1 is 1.40 bits per heavy atom. The van der Waals surface area contributed by atoms with Gasteiger partial charge in [0.1, 0.15) is 0 Å². The van der Waals surface area contributed by atoms with Gasteiger partial charge in [0, 0.05) is 24.7 Å². The van der Waals surface area contributed by atoms with E-state index in [0.29, 0.717) is 12.4 Å². The molecule has 0 saturated carbocycles. The lowest BCUT2D eigenvalue weighted by Gasteiger charge is -2.13. The molecule has 2 rings (SSSR count). The molecule has 2 heterocycles. The normalized spacial score (nSPS) is 10.3. The highest BCUT2D eigenvalue weighted by Crippen LogP contribution is 2.12. The van der Waals surface area contributed by atoms with Gasteiger partial charge in [0.2, 0.25) is 0 Å². The lowest BCUT2D eigenvalue weighted by molar-refractivity contribution is 0.152. The molecule has 0 spiro atoms. The van der Waals surface area contributed by atoms with Crippen LogP contribution in [0.5, 0.6) is 0 Å². The monoisotopic (exact) mass is 275 g/mol. The maximum atomic E-state index is 11.7. The molecule has 2 aromatic heterocycles. The van der Waals surface area contributed by atoms with Gasteiger partial charge in [-0.2, -0.15) is 5.01 Å². The number of hydrogen-bond acceptors (Lipinski definition) is 5. The van der Waals surface area contributed by atoms with Gasteiger partial charge in [-0.25, -0.2) is 15.3 Å². The van der Waals surface area contributed by atoms with E-state index in [0.717, 1.165) is 23.5 Å². The molecule has 7 heteroatoms. The van der Waals surface area contributed by atoms with Crippen molar-refractivity contribution < 1.29 is 9.53 Å². The minimum absolute atomic E-state index is 0.323. The summed E-state index contributed by atoms with van der Waals surface area (Å²) in [6, 6.07) is 5.25. The van der Waals surface area contributed by atoms with Crippen molar-refractivity contribution >= 4 is 11.9 Å². The summed E-state index contributed by atoms with van der Waals surface area (Å²) >= 11 is 0. The average Bonchev–Trinajstić information content (AvgIpc) is 2.97. The number of rotatable bonds is 5. The molecule has 0 aliphatic heterocycles. The molecular formula is C13H17N5O2. The summed E-state index contributed by atoms with van der Waals surface area (Å²) in [7, 11) is 0. The van der Waals surface area contributed by atoms with E-state index in [1.807, 2.05) is 6.92 Å². The number of nitrogens with two attached hydrogens (primary N) is 1. The molecular weight excluding hydrogens is 258 g/mol. The highest BCUT2D eigenvalue weighted by Gasteiger charge is 2.15. The summed E-state index contributed by atoms with van der Waals surface area (Å²) in [6.07, 6.45) is 6.19. The minimum atomic E-state index is -0.613. The maximum absolute atomic E-state index is 11.7. The molecule has 0 radical (unpaired) electrons. The van der Waals surface area contributed by atoms with Crippen molar-refractivity contribution in [1.82, 2.24) is 14.8 Å². The molecule has 0 aliphatic rings. The Morgan fingerprint density at radius 2 is 2.15 bits per heavy atom. The Hall–Kier alpha value is -2.41. The molecule has 1 amide bonds. The van der Waals surface area contributed by atoms with Crippen molar-refractivity contribution in [3.8, 4) is 5.69 Å². The molecule has 0 fully saturated rings. The quantitative estimate of drug-likeness (QED) is 0.389. The molecule has 0 saturated heterocycles. The number of hydrogen-bond donors (Lipinski definition) is 1. The first-order chi connectivity index (χ1) is 9.72. The van der Waals surface area contributed by atoms with E-state index in [1.165, 1.54) is 0 Å². The number of unbranched alkanes of at least 4 members (excludes halogenated alkanes) is 1. The average molecular weight is 275 g/mol. The number of hydrazine groups is 1. The van der Waals surface area contributed by atoms with E-state index in [-0.39, 0.29) is 0 Å². The molecule has 2 N–H and O–H groups in total. The maximum Gasteiger partial charge on any atom is 0.430 e. The number of nitrogens with zero attached hydrogens (tertiary/aromatic N) is 4. The number of carbonyl (C=O) groups excluding carboxylic acids is 1. The Morgan fingerprint density at radius 3 is 2.85 bits per heavy atom. The number of anilines is 1. The van der Waals surface area contributed by atoms with E-state index < -0.39 is 6.09 Å².